The fourth-order valence-corrected chi connectivity index (χ4v) is 3.55. The summed E-state index contributed by atoms with van der Waals surface area (Å²) in [4.78, 5) is 12.4. The Kier molecular flexibility index (Phi) is 9.17. The molecule has 0 aliphatic rings. The van der Waals surface area contributed by atoms with Crippen LogP contribution < -0.4 is 0 Å². The highest BCUT2D eigenvalue weighted by Gasteiger charge is 2.27. The van der Waals surface area contributed by atoms with E-state index in [0.29, 0.717) is 13.0 Å². The molecule has 0 saturated heterocycles. The van der Waals surface area contributed by atoms with Crippen LogP contribution in [0.2, 0.25) is 0 Å². The van der Waals surface area contributed by atoms with Crippen molar-refractivity contribution in [3.05, 3.63) is 71.8 Å². The maximum atomic E-state index is 13.0. The molecular weight excluding hydrogens is 381 g/mol. The van der Waals surface area contributed by atoms with Gasteiger partial charge in [-0.15, -0.1) is 0 Å². The van der Waals surface area contributed by atoms with E-state index in [1.807, 2.05) is 67.6 Å². The van der Waals surface area contributed by atoms with E-state index in [4.69, 9.17) is 13.6 Å². The van der Waals surface area contributed by atoms with Gasteiger partial charge in [-0.3, -0.25) is 13.6 Å². The van der Waals surface area contributed by atoms with E-state index < -0.39 is 13.9 Å². The molecule has 7 nitrogen and oxygen atoms in total. The molecule has 2 aromatic rings. The van der Waals surface area contributed by atoms with E-state index in [9.17, 15) is 14.5 Å². The summed E-state index contributed by atoms with van der Waals surface area (Å²) in [6.07, 6.45) is -0.366. The molecule has 0 spiro atoms. The Morgan fingerprint density at radius 3 is 1.82 bits per heavy atom. The minimum absolute atomic E-state index is 0.0600. The van der Waals surface area contributed by atoms with Gasteiger partial charge in [-0.05, 0) is 17.5 Å². The van der Waals surface area contributed by atoms with Gasteiger partial charge in [0, 0.05) is 13.1 Å². The highest BCUT2D eigenvalue weighted by molar-refractivity contribution is 7.48. The Bertz CT molecular complexity index is 708. The quantitative estimate of drug-likeness (QED) is 0.502. The minimum atomic E-state index is -3.88. The Morgan fingerprint density at radius 1 is 0.893 bits per heavy atom. The number of nitrogens with zero attached hydrogens (tertiary/aromatic N) is 1. The smallest absolute Gasteiger partial charge is 0.465 e. The minimum Gasteiger partial charge on any atom is -0.465 e. The van der Waals surface area contributed by atoms with Gasteiger partial charge in [0.05, 0.1) is 19.8 Å². The van der Waals surface area contributed by atoms with Crippen molar-refractivity contribution in [1.29, 1.82) is 0 Å². The Hall–Kier alpha value is -2.18. The summed E-state index contributed by atoms with van der Waals surface area (Å²) in [5, 5.41) is 9.18. The van der Waals surface area contributed by atoms with Gasteiger partial charge in [0.1, 0.15) is 0 Å². The zero-order valence-corrected chi connectivity index (χ0v) is 16.8. The van der Waals surface area contributed by atoms with Crippen LogP contribution in [0.5, 0.6) is 0 Å². The lowest BCUT2D eigenvalue weighted by molar-refractivity contribution is 0.0889. The molecule has 0 aromatic heterocycles. The van der Waals surface area contributed by atoms with Gasteiger partial charge >= 0.3 is 13.9 Å². The van der Waals surface area contributed by atoms with Crippen LogP contribution in [-0.2, 0) is 31.4 Å². The van der Waals surface area contributed by atoms with Crippen molar-refractivity contribution in [2.45, 2.75) is 26.6 Å². The summed E-state index contributed by atoms with van der Waals surface area (Å²) in [6, 6.07) is 18.5. The summed E-state index contributed by atoms with van der Waals surface area (Å²) in [5.41, 5.74) is 1.65. The normalized spacial score (nSPS) is 11.3. The lowest BCUT2D eigenvalue weighted by Gasteiger charge is -2.21. The molecule has 152 valence electrons. The summed E-state index contributed by atoms with van der Waals surface area (Å²) in [7, 11) is -3.88. The molecule has 2 rings (SSSR count). The molecule has 28 heavy (non-hydrogen) atoms. The maximum Gasteiger partial charge on any atom is 0.475 e. The molecule has 1 N–H and O–H groups in total. The first kappa shape index (κ1) is 22.1. The number of hydrogen-bond donors (Lipinski definition) is 1. The molecule has 0 atom stereocenters. The summed E-state index contributed by atoms with van der Waals surface area (Å²) in [5.74, 6) is 0. The van der Waals surface area contributed by atoms with Gasteiger partial charge in [-0.1, -0.05) is 67.6 Å². The molecule has 0 aliphatic heterocycles. The second-order valence-electron chi connectivity index (χ2n) is 6.07. The van der Waals surface area contributed by atoms with E-state index in [0.717, 1.165) is 11.1 Å². The predicted molar refractivity (Wildman–Crippen MR) is 106 cm³/mol. The predicted octanol–water partition coefficient (Wildman–Crippen LogP) is 4.93. The van der Waals surface area contributed by atoms with Gasteiger partial charge in [0.2, 0.25) is 0 Å². The van der Waals surface area contributed by atoms with Crippen molar-refractivity contribution in [2.75, 3.05) is 19.7 Å². The highest BCUT2D eigenvalue weighted by atomic mass is 31.2. The van der Waals surface area contributed by atoms with E-state index in [2.05, 4.69) is 0 Å². The molecule has 0 heterocycles. The third kappa shape index (κ3) is 7.82. The second kappa shape index (κ2) is 11.6. The summed E-state index contributed by atoms with van der Waals surface area (Å²) in [6.45, 7) is 2.37. The van der Waals surface area contributed by atoms with Crippen LogP contribution in [0.15, 0.2) is 60.7 Å². The number of benzene rings is 2. The third-order valence-electron chi connectivity index (χ3n) is 3.84. The second-order valence-corrected chi connectivity index (χ2v) is 7.74. The zero-order chi connectivity index (χ0) is 20.2. The molecule has 0 bridgehead atoms. The molecule has 0 fully saturated rings. The van der Waals surface area contributed by atoms with Gasteiger partial charge < -0.3 is 10.0 Å². The number of phosphoric ester groups is 1. The Balaban J connectivity index is 1.97. The van der Waals surface area contributed by atoms with Crippen molar-refractivity contribution in [3.8, 4) is 0 Å². The number of hydrogen-bond acceptors (Lipinski definition) is 5. The van der Waals surface area contributed by atoms with Crippen LogP contribution in [0.3, 0.4) is 0 Å². The van der Waals surface area contributed by atoms with Crippen molar-refractivity contribution >= 4 is 13.9 Å². The van der Waals surface area contributed by atoms with Crippen LogP contribution in [0.4, 0.5) is 4.79 Å². The molecule has 0 saturated carbocycles. The first-order valence-corrected chi connectivity index (χ1v) is 10.6. The van der Waals surface area contributed by atoms with Crippen molar-refractivity contribution in [1.82, 2.24) is 4.90 Å². The molecule has 8 heteroatoms. The number of amides is 1. The van der Waals surface area contributed by atoms with E-state index in [1.165, 1.54) is 4.90 Å². The standard InChI is InChI=1S/C20H26NO6P/c1-2-13-21(20(22)23)14-15-25-28(24,26-16-18-9-5-3-6-10-18)27-17-19-11-7-4-8-12-19/h3-12H,2,13-17H2,1H3,(H,22,23). The molecule has 0 radical (unpaired) electrons. The molecule has 1 amide bonds. The van der Waals surface area contributed by atoms with E-state index >= 15 is 0 Å². The number of carbonyl (C=O) groups is 1. The van der Waals surface area contributed by atoms with Gasteiger partial charge in [-0.25, -0.2) is 9.36 Å². The Labute approximate surface area is 165 Å². The molecule has 0 aliphatic carbocycles. The fourth-order valence-electron chi connectivity index (χ4n) is 2.40. The van der Waals surface area contributed by atoms with Crippen LogP contribution in [-0.4, -0.2) is 35.8 Å². The average molecular weight is 407 g/mol. The van der Waals surface area contributed by atoms with Gasteiger partial charge in [0.25, 0.3) is 0 Å². The van der Waals surface area contributed by atoms with E-state index in [-0.39, 0.29) is 26.4 Å². The fraction of sp³-hybridized carbons (Fsp3) is 0.350. The molecule has 0 unspecified atom stereocenters. The van der Waals surface area contributed by atoms with Crippen LogP contribution in [0.25, 0.3) is 0 Å². The Morgan fingerprint density at radius 2 is 1.39 bits per heavy atom. The maximum absolute atomic E-state index is 13.0. The first-order valence-electron chi connectivity index (χ1n) is 9.12. The number of phosphoric acid groups is 1. The lowest BCUT2D eigenvalue weighted by Crippen LogP contribution is -2.33. The lowest BCUT2D eigenvalue weighted by atomic mass is 10.2. The molecule has 2 aromatic carbocycles. The van der Waals surface area contributed by atoms with Gasteiger partial charge in [0.15, 0.2) is 0 Å². The van der Waals surface area contributed by atoms with Crippen LogP contribution in [0.1, 0.15) is 24.5 Å². The van der Waals surface area contributed by atoms with Crippen molar-refractivity contribution in [3.63, 3.8) is 0 Å². The monoisotopic (exact) mass is 407 g/mol. The van der Waals surface area contributed by atoms with Gasteiger partial charge in [-0.2, -0.15) is 0 Å². The topological polar surface area (TPSA) is 85.3 Å². The first-order chi connectivity index (χ1) is 13.5. The SMILES string of the molecule is CCCN(CCOP(=O)(OCc1ccccc1)OCc1ccccc1)C(=O)O. The third-order valence-corrected chi connectivity index (χ3v) is 5.23. The van der Waals surface area contributed by atoms with E-state index in [1.54, 1.807) is 0 Å². The van der Waals surface area contributed by atoms with Crippen molar-refractivity contribution < 1.29 is 28.0 Å². The average Bonchev–Trinajstić information content (AvgIpc) is 2.72. The largest absolute Gasteiger partial charge is 0.475 e. The number of rotatable bonds is 12. The highest BCUT2D eigenvalue weighted by Crippen LogP contribution is 2.50. The zero-order valence-electron chi connectivity index (χ0n) is 15.9. The van der Waals surface area contributed by atoms with Crippen LogP contribution in [0, 0.1) is 0 Å². The molecular formula is C20H26NO6P. The number of carboxylic acid groups (broad SMARTS) is 1. The summed E-state index contributed by atoms with van der Waals surface area (Å²) >= 11 is 0. The van der Waals surface area contributed by atoms with Crippen molar-refractivity contribution in [2.24, 2.45) is 0 Å². The van der Waals surface area contributed by atoms with Crippen LogP contribution >= 0.6 is 7.82 Å². The summed E-state index contributed by atoms with van der Waals surface area (Å²) < 4.78 is 29.4.